The standard InChI is InChI=1S/C11H4Cl3F3N4S/c12-4-1-6(14)8(2-5(4)13)21-10(19)9(7(3-18)20-21)22-11(15,16)17/h1-2H,19H2. The van der Waals surface area contributed by atoms with Crippen LogP contribution in [0.25, 0.3) is 5.69 Å². The summed E-state index contributed by atoms with van der Waals surface area (Å²) in [7, 11) is 0. The number of hydrogen-bond donors (Lipinski definition) is 1. The number of aromatic nitrogens is 2. The number of thioether (sulfide) groups is 1. The molecule has 11 heteroatoms. The lowest BCUT2D eigenvalue weighted by atomic mass is 10.3. The predicted octanol–water partition coefficient (Wildman–Crippen LogP) is 4.90. The second-order valence-electron chi connectivity index (χ2n) is 3.85. The van der Waals surface area contributed by atoms with Crippen molar-refractivity contribution in [2.24, 2.45) is 0 Å². The molecule has 0 unspecified atom stereocenters. The Morgan fingerprint density at radius 2 is 1.77 bits per heavy atom. The molecule has 0 saturated carbocycles. The molecule has 0 atom stereocenters. The van der Waals surface area contributed by atoms with E-state index in [1.54, 1.807) is 6.07 Å². The summed E-state index contributed by atoms with van der Waals surface area (Å²) in [5.41, 5.74) is 0.694. The SMILES string of the molecule is N#Cc1nn(-c2cc(Cl)c(Cl)cc2Cl)c(N)c1SC(F)(F)F. The third-order valence-corrected chi connectivity index (χ3v) is 4.28. The molecule has 116 valence electrons. The first kappa shape index (κ1) is 17.1. The van der Waals surface area contributed by atoms with Crippen LogP contribution < -0.4 is 5.73 Å². The molecule has 1 heterocycles. The van der Waals surface area contributed by atoms with Gasteiger partial charge in [-0.25, -0.2) is 4.68 Å². The van der Waals surface area contributed by atoms with Gasteiger partial charge in [0.15, 0.2) is 5.69 Å². The minimum atomic E-state index is -4.62. The fourth-order valence-electron chi connectivity index (χ4n) is 1.56. The van der Waals surface area contributed by atoms with Gasteiger partial charge in [0, 0.05) is 0 Å². The molecule has 0 aliphatic carbocycles. The molecule has 0 radical (unpaired) electrons. The fraction of sp³-hybridized carbons (Fsp3) is 0.0909. The number of benzene rings is 1. The van der Waals surface area contributed by atoms with E-state index in [4.69, 9.17) is 45.8 Å². The van der Waals surface area contributed by atoms with Gasteiger partial charge in [0.05, 0.1) is 25.7 Å². The highest BCUT2D eigenvalue weighted by atomic mass is 35.5. The zero-order valence-electron chi connectivity index (χ0n) is 10.2. The summed E-state index contributed by atoms with van der Waals surface area (Å²) in [5.74, 6) is -0.376. The van der Waals surface area contributed by atoms with E-state index in [0.717, 1.165) is 4.68 Å². The quantitative estimate of drug-likeness (QED) is 0.588. The lowest BCUT2D eigenvalue weighted by molar-refractivity contribution is -0.0328. The van der Waals surface area contributed by atoms with Gasteiger partial charge >= 0.3 is 5.51 Å². The van der Waals surface area contributed by atoms with Crippen LogP contribution in [0.5, 0.6) is 0 Å². The van der Waals surface area contributed by atoms with Crippen LogP contribution in [0.1, 0.15) is 5.69 Å². The summed E-state index contributed by atoms with van der Waals surface area (Å²) < 4.78 is 38.5. The Hall–Kier alpha value is -1.27. The van der Waals surface area contributed by atoms with Crippen molar-refractivity contribution in [1.82, 2.24) is 9.78 Å². The van der Waals surface area contributed by atoms with Crippen molar-refractivity contribution in [3.05, 3.63) is 32.9 Å². The molecule has 0 saturated heterocycles. The topological polar surface area (TPSA) is 67.6 Å². The number of anilines is 1. The molecule has 4 nitrogen and oxygen atoms in total. The first-order valence-corrected chi connectivity index (χ1v) is 7.28. The molecule has 0 spiro atoms. The van der Waals surface area contributed by atoms with Crippen LogP contribution in [0, 0.1) is 11.3 Å². The average molecular weight is 388 g/mol. The van der Waals surface area contributed by atoms with E-state index in [1.165, 1.54) is 12.1 Å². The van der Waals surface area contributed by atoms with Gasteiger partial charge in [-0.3, -0.25) is 0 Å². The Balaban J connectivity index is 2.64. The van der Waals surface area contributed by atoms with Crippen molar-refractivity contribution in [2.45, 2.75) is 10.4 Å². The maximum Gasteiger partial charge on any atom is 0.446 e. The average Bonchev–Trinajstić information content (AvgIpc) is 2.69. The Morgan fingerprint density at radius 3 is 2.32 bits per heavy atom. The molecular formula is C11H4Cl3F3N4S. The van der Waals surface area contributed by atoms with E-state index in [-0.39, 0.29) is 26.6 Å². The van der Waals surface area contributed by atoms with Crippen LogP contribution in [0.15, 0.2) is 17.0 Å². The van der Waals surface area contributed by atoms with E-state index in [9.17, 15) is 13.2 Å². The molecule has 2 rings (SSSR count). The maximum atomic E-state index is 12.5. The maximum absolute atomic E-state index is 12.5. The van der Waals surface area contributed by atoms with Crippen molar-refractivity contribution in [1.29, 1.82) is 5.26 Å². The van der Waals surface area contributed by atoms with E-state index in [1.807, 2.05) is 0 Å². The number of hydrogen-bond acceptors (Lipinski definition) is 4. The number of alkyl halides is 3. The van der Waals surface area contributed by atoms with Crippen LogP contribution in [0.2, 0.25) is 15.1 Å². The summed E-state index contributed by atoms with van der Waals surface area (Å²) in [6.45, 7) is 0. The van der Waals surface area contributed by atoms with Crippen molar-refractivity contribution >= 4 is 52.4 Å². The van der Waals surface area contributed by atoms with Gasteiger partial charge in [0.25, 0.3) is 0 Å². The summed E-state index contributed by atoms with van der Waals surface area (Å²) >= 11 is 17.1. The minimum absolute atomic E-state index is 0.0663. The van der Waals surface area contributed by atoms with E-state index in [0.29, 0.717) is 0 Å². The highest BCUT2D eigenvalue weighted by Crippen LogP contribution is 2.42. The zero-order valence-corrected chi connectivity index (χ0v) is 13.3. The second-order valence-corrected chi connectivity index (χ2v) is 6.15. The van der Waals surface area contributed by atoms with Crippen LogP contribution in [0.3, 0.4) is 0 Å². The van der Waals surface area contributed by atoms with Gasteiger partial charge in [-0.2, -0.15) is 23.5 Å². The second kappa shape index (κ2) is 6.08. The normalized spacial score (nSPS) is 11.5. The lowest BCUT2D eigenvalue weighted by Crippen LogP contribution is -2.04. The fourth-order valence-corrected chi connectivity index (χ4v) is 2.79. The van der Waals surface area contributed by atoms with E-state index < -0.39 is 27.9 Å². The van der Waals surface area contributed by atoms with E-state index in [2.05, 4.69) is 5.10 Å². The third-order valence-electron chi connectivity index (χ3n) is 2.42. The highest BCUT2D eigenvalue weighted by molar-refractivity contribution is 8.00. The van der Waals surface area contributed by atoms with Gasteiger partial charge in [-0.15, -0.1) is 0 Å². The molecule has 2 N–H and O–H groups in total. The lowest BCUT2D eigenvalue weighted by Gasteiger charge is -2.09. The number of nitrogens with two attached hydrogens (primary N) is 1. The molecule has 0 amide bonds. The molecule has 2 aromatic rings. The smallest absolute Gasteiger partial charge is 0.383 e. The van der Waals surface area contributed by atoms with Crippen molar-refractivity contribution in [3.63, 3.8) is 0 Å². The van der Waals surface area contributed by atoms with Crippen LogP contribution in [-0.2, 0) is 0 Å². The Labute approximate surface area is 141 Å². The molecule has 0 aliphatic rings. The van der Waals surface area contributed by atoms with Gasteiger partial charge in [0.2, 0.25) is 0 Å². The molecule has 0 fully saturated rings. The van der Waals surface area contributed by atoms with Gasteiger partial charge in [0.1, 0.15) is 11.9 Å². The summed E-state index contributed by atoms with van der Waals surface area (Å²) in [6.07, 6.45) is 0. The third kappa shape index (κ3) is 3.38. The number of nitriles is 1. The molecule has 1 aromatic heterocycles. The molecule has 0 aliphatic heterocycles. The number of nitrogens with zero attached hydrogens (tertiary/aromatic N) is 3. The zero-order chi connectivity index (χ0) is 16.7. The first-order chi connectivity index (χ1) is 10.1. The highest BCUT2D eigenvalue weighted by Gasteiger charge is 2.34. The van der Waals surface area contributed by atoms with Crippen LogP contribution >= 0.6 is 46.6 Å². The number of rotatable bonds is 2. The largest absolute Gasteiger partial charge is 0.446 e. The Morgan fingerprint density at radius 1 is 1.18 bits per heavy atom. The summed E-state index contributed by atoms with van der Waals surface area (Å²) in [4.78, 5) is -0.503. The predicted molar refractivity (Wildman–Crippen MR) is 79.6 cm³/mol. The van der Waals surface area contributed by atoms with Crippen molar-refractivity contribution in [2.75, 3.05) is 5.73 Å². The summed E-state index contributed by atoms with van der Waals surface area (Å²) in [5, 5.41) is 13.0. The van der Waals surface area contributed by atoms with Gasteiger partial charge in [-0.1, -0.05) is 34.8 Å². The van der Waals surface area contributed by atoms with Gasteiger partial charge in [-0.05, 0) is 23.9 Å². The van der Waals surface area contributed by atoms with Crippen molar-refractivity contribution < 1.29 is 13.2 Å². The summed E-state index contributed by atoms with van der Waals surface area (Å²) in [6, 6.07) is 4.15. The molecule has 1 aromatic carbocycles. The Bertz CT molecular complexity index is 782. The minimum Gasteiger partial charge on any atom is -0.383 e. The Kier molecular flexibility index (Phi) is 4.73. The first-order valence-electron chi connectivity index (χ1n) is 5.33. The monoisotopic (exact) mass is 386 g/mol. The van der Waals surface area contributed by atoms with Crippen LogP contribution in [-0.4, -0.2) is 15.3 Å². The molecule has 22 heavy (non-hydrogen) atoms. The van der Waals surface area contributed by atoms with E-state index >= 15 is 0 Å². The number of halogens is 6. The van der Waals surface area contributed by atoms with Crippen molar-refractivity contribution in [3.8, 4) is 11.8 Å². The van der Waals surface area contributed by atoms with Gasteiger partial charge < -0.3 is 5.73 Å². The molecule has 0 bridgehead atoms. The number of nitrogen functional groups attached to an aromatic ring is 1. The van der Waals surface area contributed by atoms with Crippen LogP contribution in [0.4, 0.5) is 19.0 Å². The molecular weight excluding hydrogens is 384 g/mol.